The van der Waals surface area contributed by atoms with E-state index in [1.165, 1.54) is 0 Å². The Bertz CT molecular complexity index is 576. The molecule has 0 saturated carbocycles. The molecule has 0 amide bonds. The van der Waals surface area contributed by atoms with Gasteiger partial charge < -0.3 is 0 Å². The van der Waals surface area contributed by atoms with Crippen LogP contribution in [0.25, 0.3) is 0 Å². The van der Waals surface area contributed by atoms with Crippen LogP contribution in [0, 0.1) is 23.7 Å². The smallest absolute Gasteiger partial charge is 0.0496 e. The highest BCUT2D eigenvalue weighted by molar-refractivity contribution is 4.88. The van der Waals surface area contributed by atoms with E-state index in [9.17, 15) is 0 Å². The summed E-state index contributed by atoms with van der Waals surface area (Å²) in [6.07, 6.45) is 16.8. The summed E-state index contributed by atoms with van der Waals surface area (Å²) in [7, 11) is 0. The summed E-state index contributed by atoms with van der Waals surface area (Å²) in [6.45, 7) is 26.0. The van der Waals surface area contributed by atoms with Crippen LogP contribution in [-0.4, -0.2) is 30.1 Å². The molecule has 4 aromatic rings. The Balaban J connectivity index is -0.000000187. The number of hydrogen-bond acceptors (Lipinski definition) is 6. The zero-order valence-corrected chi connectivity index (χ0v) is 27.4. The third-order valence-corrected chi connectivity index (χ3v) is 2.09. The van der Waals surface area contributed by atoms with Crippen LogP contribution in [0.2, 0.25) is 0 Å². The van der Waals surface area contributed by atoms with Crippen LogP contribution < -0.4 is 0 Å². The van der Waals surface area contributed by atoms with Crippen molar-refractivity contribution in [2.75, 3.05) is 0 Å². The van der Waals surface area contributed by atoms with E-state index in [1.54, 1.807) is 62.0 Å². The van der Waals surface area contributed by atoms with Crippen molar-refractivity contribution in [2.24, 2.45) is 23.7 Å². The summed E-state index contributed by atoms with van der Waals surface area (Å²) in [5, 5.41) is 7.07. The van der Waals surface area contributed by atoms with E-state index in [4.69, 9.17) is 0 Å². The molecule has 4 rings (SSSR count). The van der Waals surface area contributed by atoms with E-state index in [-0.39, 0.29) is 0 Å². The molecule has 0 aliphatic carbocycles. The molecule has 0 N–H and O–H groups in total. The largest absolute Gasteiger partial charge is 0.265 e. The van der Waals surface area contributed by atoms with Gasteiger partial charge in [-0.1, -0.05) is 95.2 Å². The Morgan fingerprint density at radius 1 is 0.250 bits per heavy atom. The lowest BCUT2D eigenvalue weighted by Gasteiger charge is -1.79. The molecular weight excluding hydrogens is 492 g/mol. The third-order valence-electron chi connectivity index (χ3n) is 2.09. The van der Waals surface area contributed by atoms with Gasteiger partial charge in [0.25, 0.3) is 0 Å². The van der Waals surface area contributed by atoms with Gasteiger partial charge in [-0.05, 0) is 60.1 Å². The van der Waals surface area contributed by atoms with E-state index in [0.717, 1.165) is 23.7 Å². The van der Waals surface area contributed by atoms with Gasteiger partial charge in [-0.15, -0.1) is 0 Å². The molecule has 0 radical (unpaired) electrons. The first-order valence-electron chi connectivity index (χ1n) is 14.0. The van der Waals surface area contributed by atoms with Crippen LogP contribution in [0.15, 0.2) is 110 Å². The standard InChI is InChI=1S/2C5H5N.2C4H4N2.4C4H10/c2*1-2-4-6-5-3-1;1-2-6-4-3-5-1;1-2-4-6-5-3-1;4*1-4(2)3/h2*1-5H;2*1-4H;4*4H,1-3H3. The molecule has 0 aromatic carbocycles. The normalized spacial score (nSPS) is 8.40. The number of aromatic nitrogens is 6. The van der Waals surface area contributed by atoms with E-state index in [1.807, 2.05) is 48.5 Å². The fourth-order valence-corrected chi connectivity index (χ4v) is 1.13. The van der Waals surface area contributed by atoms with Gasteiger partial charge >= 0.3 is 0 Å². The van der Waals surface area contributed by atoms with E-state index >= 15 is 0 Å². The highest BCUT2D eigenvalue weighted by Crippen LogP contribution is 1.82. The van der Waals surface area contributed by atoms with E-state index in [0.29, 0.717) is 0 Å². The van der Waals surface area contributed by atoms with Crippen molar-refractivity contribution < 1.29 is 0 Å². The first kappa shape index (κ1) is 43.5. The van der Waals surface area contributed by atoms with Crippen molar-refractivity contribution in [2.45, 2.75) is 83.1 Å². The van der Waals surface area contributed by atoms with Crippen molar-refractivity contribution in [3.05, 3.63) is 110 Å². The monoisotopic (exact) mass is 550 g/mol. The van der Waals surface area contributed by atoms with Crippen LogP contribution in [0.3, 0.4) is 0 Å². The van der Waals surface area contributed by atoms with Gasteiger partial charge in [-0.25, -0.2) is 0 Å². The van der Waals surface area contributed by atoms with Crippen molar-refractivity contribution in [3.8, 4) is 0 Å². The molecule has 6 nitrogen and oxygen atoms in total. The van der Waals surface area contributed by atoms with Crippen LogP contribution in [0.1, 0.15) is 83.1 Å². The van der Waals surface area contributed by atoms with E-state index in [2.05, 4.69) is 113 Å². The molecule has 0 saturated heterocycles. The number of rotatable bonds is 0. The second-order valence-corrected chi connectivity index (χ2v) is 10.8. The maximum absolute atomic E-state index is 3.78. The molecule has 0 fully saturated rings. The van der Waals surface area contributed by atoms with Crippen LogP contribution >= 0.6 is 0 Å². The lowest BCUT2D eigenvalue weighted by Crippen LogP contribution is -1.69. The van der Waals surface area contributed by atoms with Crippen molar-refractivity contribution >= 4 is 0 Å². The average molecular weight is 551 g/mol. The molecule has 6 heteroatoms. The molecule has 0 aliphatic rings. The van der Waals surface area contributed by atoms with Crippen LogP contribution in [0.5, 0.6) is 0 Å². The average Bonchev–Trinajstić information content (AvgIpc) is 2.93. The van der Waals surface area contributed by atoms with E-state index < -0.39 is 0 Å². The molecule has 0 atom stereocenters. The Morgan fingerprint density at radius 3 is 0.500 bits per heavy atom. The summed E-state index contributed by atoms with van der Waals surface area (Å²) in [5.74, 6) is 3.33. The topological polar surface area (TPSA) is 77.3 Å². The van der Waals surface area contributed by atoms with Crippen molar-refractivity contribution in [1.82, 2.24) is 30.1 Å². The van der Waals surface area contributed by atoms with Gasteiger partial charge in [0.1, 0.15) is 0 Å². The van der Waals surface area contributed by atoms with Gasteiger partial charge in [0.15, 0.2) is 0 Å². The molecule has 0 bridgehead atoms. The van der Waals surface area contributed by atoms with Gasteiger partial charge in [0.05, 0.1) is 0 Å². The second kappa shape index (κ2) is 40.0. The first-order valence-corrected chi connectivity index (χ1v) is 14.0. The third kappa shape index (κ3) is 92.2. The molecule has 4 aromatic heterocycles. The Morgan fingerprint density at radius 2 is 0.425 bits per heavy atom. The molecular formula is C34H58N6. The van der Waals surface area contributed by atoms with Crippen LogP contribution in [-0.2, 0) is 0 Å². The number of nitrogens with zero attached hydrogens (tertiary/aromatic N) is 6. The lowest BCUT2D eigenvalue weighted by atomic mass is 10.3. The Kier molecular flexibility index (Phi) is 43.5. The summed E-state index contributed by atoms with van der Waals surface area (Å²) in [5.41, 5.74) is 0. The minimum atomic E-state index is 0.833. The molecule has 0 aliphatic heterocycles. The number of pyridine rings is 2. The number of hydrogen-bond donors (Lipinski definition) is 0. The van der Waals surface area contributed by atoms with Gasteiger partial charge in [0, 0.05) is 62.0 Å². The molecule has 4 heterocycles. The van der Waals surface area contributed by atoms with Gasteiger partial charge in [0.2, 0.25) is 0 Å². The summed E-state index contributed by atoms with van der Waals surface area (Å²) >= 11 is 0. The Hall–Kier alpha value is -3.54. The molecule has 0 unspecified atom stereocenters. The summed E-state index contributed by atoms with van der Waals surface area (Å²) in [6, 6.07) is 15.1. The highest BCUT2D eigenvalue weighted by Gasteiger charge is 1.69. The zero-order valence-electron chi connectivity index (χ0n) is 27.4. The predicted octanol–water partition coefficient (Wildman–Crippen LogP) is 9.77. The van der Waals surface area contributed by atoms with Crippen molar-refractivity contribution in [1.29, 1.82) is 0 Å². The van der Waals surface area contributed by atoms with Crippen molar-refractivity contribution in [3.63, 3.8) is 0 Å². The minimum absolute atomic E-state index is 0.833. The maximum Gasteiger partial charge on any atom is 0.0496 e. The molecule has 40 heavy (non-hydrogen) atoms. The van der Waals surface area contributed by atoms with Crippen LogP contribution in [0.4, 0.5) is 0 Å². The minimum Gasteiger partial charge on any atom is -0.265 e. The second-order valence-electron chi connectivity index (χ2n) is 10.8. The fourth-order valence-electron chi connectivity index (χ4n) is 1.13. The maximum atomic E-state index is 3.78. The molecule has 0 spiro atoms. The predicted molar refractivity (Wildman–Crippen MR) is 175 cm³/mol. The Labute approximate surface area is 247 Å². The highest BCUT2D eigenvalue weighted by atomic mass is 15.1. The molecule has 224 valence electrons. The SMILES string of the molecule is CC(C)C.CC(C)C.CC(C)C.CC(C)C.c1ccncc1.c1ccncc1.c1ccnnc1.c1cnccn1. The van der Waals surface area contributed by atoms with Gasteiger partial charge in [-0.2, -0.15) is 10.2 Å². The first-order chi connectivity index (χ1) is 18.9. The summed E-state index contributed by atoms with van der Waals surface area (Å²) < 4.78 is 0. The quantitative estimate of drug-likeness (QED) is 0.217. The zero-order chi connectivity index (χ0) is 31.3. The lowest BCUT2D eigenvalue weighted by molar-refractivity contribution is 0.736. The van der Waals surface area contributed by atoms with Gasteiger partial charge in [-0.3, -0.25) is 19.9 Å². The summed E-state index contributed by atoms with van der Waals surface area (Å²) in [4.78, 5) is 15.0. The fraction of sp³-hybridized carbons (Fsp3) is 0.471.